The third-order valence-corrected chi connectivity index (χ3v) is 4.83. The van der Waals surface area contributed by atoms with E-state index >= 15 is 0 Å². The molecule has 1 fully saturated rings. The van der Waals surface area contributed by atoms with Crippen molar-refractivity contribution in [1.29, 1.82) is 0 Å². The molecule has 0 aromatic heterocycles. The van der Waals surface area contributed by atoms with Crippen LogP contribution in [0.5, 0.6) is 0 Å². The van der Waals surface area contributed by atoms with Gasteiger partial charge in [-0.3, -0.25) is 13.9 Å². The molecule has 0 spiro atoms. The maximum atomic E-state index is 12.2. The molecule has 1 aliphatic heterocycles. The zero-order chi connectivity index (χ0) is 14.9. The molecule has 1 unspecified atom stereocenters. The fraction of sp³-hybridized carbons (Fsp3) is 0.333. The molecule has 110 valence electrons. The highest BCUT2D eigenvalue weighted by Gasteiger charge is 2.41. The standard InChI is InChI=1S/C12H15NO6S/c1-13(12(15)16)9-4-2-8(3-5-9)11(14)10-6-7-19-20(10,17)18/h2-5,10,17-18H,6-7H2,1H3,(H,15,16). The van der Waals surface area contributed by atoms with Crippen molar-refractivity contribution in [2.24, 2.45) is 0 Å². The van der Waals surface area contributed by atoms with Gasteiger partial charge in [-0.05, 0) is 30.7 Å². The summed E-state index contributed by atoms with van der Waals surface area (Å²) in [7, 11) is -1.94. The number of nitrogens with zero attached hydrogens (tertiary/aromatic N) is 1. The number of ketones is 1. The normalized spacial score (nSPS) is 22.2. The Bertz CT molecular complexity index is 529. The first-order chi connectivity index (χ1) is 9.33. The molecule has 1 heterocycles. The van der Waals surface area contributed by atoms with Gasteiger partial charge in [0.25, 0.3) is 0 Å². The maximum Gasteiger partial charge on any atom is 0.411 e. The first kappa shape index (κ1) is 14.8. The van der Waals surface area contributed by atoms with Gasteiger partial charge in [-0.1, -0.05) is 0 Å². The van der Waals surface area contributed by atoms with Crippen molar-refractivity contribution in [3.05, 3.63) is 29.8 Å². The minimum absolute atomic E-state index is 0.137. The molecule has 2 rings (SSSR count). The molecule has 8 heteroatoms. The van der Waals surface area contributed by atoms with Crippen molar-refractivity contribution >= 4 is 28.4 Å². The number of hydrogen-bond donors (Lipinski definition) is 3. The largest absolute Gasteiger partial charge is 0.465 e. The highest BCUT2D eigenvalue weighted by molar-refractivity contribution is 8.21. The second-order valence-corrected chi connectivity index (χ2v) is 6.27. The molecule has 20 heavy (non-hydrogen) atoms. The lowest BCUT2D eigenvalue weighted by Gasteiger charge is -2.25. The Morgan fingerprint density at radius 1 is 1.30 bits per heavy atom. The number of anilines is 1. The molecule has 0 aliphatic carbocycles. The fourth-order valence-corrected chi connectivity index (χ4v) is 3.25. The van der Waals surface area contributed by atoms with E-state index in [1.807, 2.05) is 0 Å². The molecule has 0 saturated carbocycles. The van der Waals surface area contributed by atoms with E-state index in [-0.39, 0.29) is 13.0 Å². The second-order valence-electron chi connectivity index (χ2n) is 4.39. The lowest BCUT2D eigenvalue weighted by Crippen LogP contribution is -2.25. The van der Waals surface area contributed by atoms with Crippen LogP contribution in [0.15, 0.2) is 24.3 Å². The van der Waals surface area contributed by atoms with Crippen molar-refractivity contribution < 1.29 is 28.0 Å². The highest BCUT2D eigenvalue weighted by Crippen LogP contribution is 2.52. The summed E-state index contributed by atoms with van der Waals surface area (Å²) in [5.41, 5.74) is 0.714. The molecule has 0 radical (unpaired) electrons. The first-order valence-corrected chi connectivity index (χ1v) is 7.39. The summed E-state index contributed by atoms with van der Waals surface area (Å²) in [5, 5.41) is 7.88. The van der Waals surface area contributed by atoms with Crippen LogP contribution in [0.3, 0.4) is 0 Å². The zero-order valence-electron chi connectivity index (χ0n) is 10.7. The van der Waals surface area contributed by atoms with Gasteiger partial charge in [0.1, 0.15) is 5.25 Å². The van der Waals surface area contributed by atoms with Gasteiger partial charge in [0, 0.05) is 18.3 Å². The van der Waals surface area contributed by atoms with E-state index in [1.165, 1.54) is 31.3 Å². The molecule has 1 atom stereocenters. The number of benzene rings is 1. The molecule has 1 saturated heterocycles. The van der Waals surface area contributed by atoms with Crippen LogP contribution in [-0.4, -0.2) is 45.0 Å². The van der Waals surface area contributed by atoms with Crippen LogP contribution in [0.1, 0.15) is 16.8 Å². The van der Waals surface area contributed by atoms with E-state index in [2.05, 4.69) is 0 Å². The summed E-state index contributed by atoms with van der Waals surface area (Å²) >= 11 is 0. The Labute approximate surface area is 117 Å². The quantitative estimate of drug-likeness (QED) is 0.740. The minimum Gasteiger partial charge on any atom is -0.465 e. The van der Waals surface area contributed by atoms with Gasteiger partial charge in [-0.2, -0.15) is 0 Å². The molecule has 1 amide bonds. The van der Waals surface area contributed by atoms with Crippen LogP contribution in [0.4, 0.5) is 10.5 Å². The van der Waals surface area contributed by atoms with E-state index < -0.39 is 28.0 Å². The minimum atomic E-state index is -3.33. The van der Waals surface area contributed by atoms with Gasteiger partial charge in [0.2, 0.25) is 0 Å². The number of rotatable bonds is 3. The number of Topliss-reactive ketones (excluding diaryl/α,β-unsaturated/α-hetero) is 1. The van der Waals surface area contributed by atoms with Gasteiger partial charge in [-0.15, -0.1) is 0 Å². The van der Waals surface area contributed by atoms with Crippen molar-refractivity contribution in [2.45, 2.75) is 11.7 Å². The van der Waals surface area contributed by atoms with E-state index in [0.717, 1.165) is 4.90 Å². The van der Waals surface area contributed by atoms with Crippen LogP contribution < -0.4 is 4.90 Å². The van der Waals surface area contributed by atoms with Crippen molar-refractivity contribution in [3.8, 4) is 0 Å². The zero-order valence-corrected chi connectivity index (χ0v) is 11.5. The monoisotopic (exact) mass is 301 g/mol. The SMILES string of the molecule is CN(C(=O)O)c1ccc(C(=O)C2CCOS2(O)O)cc1. The van der Waals surface area contributed by atoms with Crippen LogP contribution >= 0.6 is 10.9 Å². The Morgan fingerprint density at radius 3 is 2.35 bits per heavy atom. The number of hydrogen-bond acceptors (Lipinski definition) is 5. The number of carboxylic acid groups (broad SMARTS) is 1. The van der Waals surface area contributed by atoms with E-state index in [1.54, 1.807) is 0 Å². The lowest BCUT2D eigenvalue weighted by molar-refractivity contribution is 0.0984. The van der Waals surface area contributed by atoms with E-state index in [9.17, 15) is 18.7 Å². The van der Waals surface area contributed by atoms with Gasteiger partial charge in [-0.25, -0.2) is 4.79 Å². The highest BCUT2D eigenvalue weighted by atomic mass is 32.3. The Hall–Kier alpha value is -1.61. The Balaban J connectivity index is 2.18. The summed E-state index contributed by atoms with van der Waals surface area (Å²) in [6.07, 6.45) is -0.847. The average Bonchev–Trinajstić information content (AvgIpc) is 2.76. The lowest BCUT2D eigenvalue weighted by atomic mass is 10.1. The van der Waals surface area contributed by atoms with Gasteiger partial charge >= 0.3 is 6.09 Å². The van der Waals surface area contributed by atoms with Gasteiger partial charge < -0.3 is 14.2 Å². The molecular weight excluding hydrogens is 286 g/mol. The third-order valence-electron chi connectivity index (χ3n) is 3.13. The molecular formula is C12H15NO6S. The number of carbonyl (C=O) groups is 2. The Kier molecular flexibility index (Phi) is 4.00. The molecule has 1 aromatic rings. The van der Waals surface area contributed by atoms with Crippen LogP contribution in [0.2, 0.25) is 0 Å². The van der Waals surface area contributed by atoms with Crippen LogP contribution in [0, 0.1) is 0 Å². The number of carbonyl (C=O) groups excluding carboxylic acids is 1. The molecule has 1 aliphatic rings. The molecule has 7 nitrogen and oxygen atoms in total. The summed E-state index contributed by atoms with van der Waals surface area (Å²) < 4.78 is 24.0. The van der Waals surface area contributed by atoms with Crippen molar-refractivity contribution in [3.63, 3.8) is 0 Å². The van der Waals surface area contributed by atoms with Crippen LogP contribution in [0.25, 0.3) is 0 Å². The molecule has 0 bridgehead atoms. The topological polar surface area (TPSA) is 107 Å². The van der Waals surface area contributed by atoms with E-state index in [0.29, 0.717) is 11.3 Å². The van der Waals surface area contributed by atoms with E-state index in [4.69, 9.17) is 9.29 Å². The van der Waals surface area contributed by atoms with Crippen molar-refractivity contribution in [2.75, 3.05) is 18.6 Å². The van der Waals surface area contributed by atoms with Crippen molar-refractivity contribution in [1.82, 2.24) is 0 Å². The predicted molar refractivity (Wildman–Crippen MR) is 74.4 cm³/mol. The number of amides is 1. The smallest absolute Gasteiger partial charge is 0.411 e. The van der Waals surface area contributed by atoms with Crippen LogP contribution in [-0.2, 0) is 4.18 Å². The third kappa shape index (κ3) is 2.78. The predicted octanol–water partition coefficient (Wildman–Crippen LogP) is 2.44. The molecule has 3 N–H and O–H groups in total. The molecule has 1 aromatic carbocycles. The maximum absolute atomic E-state index is 12.2. The fourth-order valence-electron chi connectivity index (χ4n) is 1.93. The Morgan fingerprint density at radius 2 is 1.90 bits per heavy atom. The van der Waals surface area contributed by atoms with Gasteiger partial charge in [0.15, 0.2) is 5.78 Å². The summed E-state index contributed by atoms with van der Waals surface area (Å²) in [4.78, 5) is 24.0. The van der Waals surface area contributed by atoms with Gasteiger partial charge in [0.05, 0.1) is 17.5 Å². The second kappa shape index (κ2) is 5.41. The first-order valence-electron chi connectivity index (χ1n) is 5.85. The summed E-state index contributed by atoms with van der Waals surface area (Å²) in [5.74, 6) is -0.410. The summed E-state index contributed by atoms with van der Waals surface area (Å²) in [6, 6.07) is 5.90. The average molecular weight is 301 g/mol. The summed E-state index contributed by atoms with van der Waals surface area (Å²) in [6.45, 7) is 0.137.